The number of halogens is 3. The minimum absolute atomic E-state index is 0.0422. The first-order valence-electron chi connectivity index (χ1n) is 6.70. The fourth-order valence-electron chi connectivity index (χ4n) is 2.35. The molecule has 0 aromatic heterocycles. The molecule has 19 heavy (non-hydrogen) atoms. The quantitative estimate of drug-likeness (QED) is 0.805. The van der Waals surface area contributed by atoms with Crippen LogP contribution in [0.15, 0.2) is 30.3 Å². The van der Waals surface area contributed by atoms with Crippen LogP contribution in [0, 0.1) is 5.92 Å². The lowest BCUT2D eigenvalue weighted by molar-refractivity contribution is -0.206. The fourth-order valence-corrected chi connectivity index (χ4v) is 2.35. The Balaban J connectivity index is 3.26. The van der Waals surface area contributed by atoms with Crippen molar-refractivity contribution in [3.8, 4) is 0 Å². The Morgan fingerprint density at radius 3 is 2.11 bits per heavy atom. The predicted octanol–water partition coefficient (Wildman–Crippen LogP) is 4.49. The molecule has 4 heteroatoms. The van der Waals surface area contributed by atoms with E-state index >= 15 is 0 Å². The van der Waals surface area contributed by atoms with E-state index in [1.807, 2.05) is 20.8 Å². The average Bonchev–Trinajstić information content (AvgIpc) is 2.33. The average molecular weight is 273 g/mol. The van der Waals surface area contributed by atoms with E-state index in [-0.39, 0.29) is 12.3 Å². The van der Waals surface area contributed by atoms with Crippen LogP contribution in [0.4, 0.5) is 13.2 Å². The van der Waals surface area contributed by atoms with Crippen LogP contribution in [0.2, 0.25) is 0 Å². The smallest absolute Gasteiger partial charge is 0.300 e. The van der Waals surface area contributed by atoms with Gasteiger partial charge in [-0.2, -0.15) is 13.2 Å². The summed E-state index contributed by atoms with van der Waals surface area (Å²) in [6.45, 7) is 5.85. The summed E-state index contributed by atoms with van der Waals surface area (Å²) in [5.74, 6) is -0.0498. The van der Waals surface area contributed by atoms with Crippen LogP contribution in [0.25, 0.3) is 0 Å². The topological polar surface area (TPSA) is 12.0 Å². The highest BCUT2D eigenvalue weighted by Crippen LogP contribution is 2.43. The Hall–Kier alpha value is -1.03. The first-order valence-corrected chi connectivity index (χ1v) is 6.70. The summed E-state index contributed by atoms with van der Waals surface area (Å²) in [5.41, 5.74) is -1.65. The summed E-state index contributed by atoms with van der Waals surface area (Å²) in [5, 5.41) is 2.75. The molecule has 0 aliphatic heterocycles. The summed E-state index contributed by atoms with van der Waals surface area (Å²) in [6.07, 6.45) is -3.60. The molecule has 1 aromatic carbocycles. The van der Waals surface area contributed by atoms with Gasteiger partial charge in [-0.15, -0.1) is 0 Å². The molecule has 1 unspecified atom stereocenters. The van der Waals surface area contributed by atoms with Crippen molar-refractivity contribution >= 4 is 0 Å². The molecule has 1 N–H and O–H groups in total. The molecule has 1 rings (SSSR count). The molecule has 108 valence electrons. The van der Waals surface area contributed by atoms with Gasteiger partial charge in [0.2, 0.25) is 0 Å². The first kappa shape index (κ1) is 16.0. The van der Waals surface area contributed by atoms with E-state index in [9.17, 15) is 13.2 Å². The third-order valence-electron chi connectivity index (χ3n) is 3.14. The normalized spacial score (nSPS) is 15.5. The van der Waals surface area contributed by atoms with E-state index < -0.39 is 11.7 Å². The SMILES string of the molecule is CCCNC(CC(C)C)(c1ccccc1)C(F)(F)F. The van der Waals surface area contributed by atoms with Crippen molar-refractivity contribution in [2.75, 3.05) is 6.54 Å². The van der Waals surface area contributed by atoms with Gasteiger partial charge in [0.1, 0.15) is 5.54 Å². The summed E-state index contributed by atoms with van der Waals surface area (Å²) in [7, 11) is 0. The van der Waals surface area contributed by atoms with E-state index in [1.165, 1.54) is 0 Å². The Morgan fingerprint density at radius 1 is 1.11 bits per heavy atom. The lowest BCUT2D eigenvalue weighted by Gasteiger charge is -2.38. The second-order valence-corrected chi connectivity index (χ2v) is 5.29. The van der Waals surface area contributed by atoms with Gasteiger partial charge in [0, 0.05) is 0 Å². The molecule has 0 saturated carbocycles. The van der Waals surface area contributed by atoms with Crippen molar-refractivity contribution in [2.45, 2.75) is 45.3 Å². The van der Waals surface area contributed by atoms with E-state index in [0.29, 0.717) is 18.5 Å². The molecular formula is C15H22F3N. The van der Waals surface area contributed by atoms with Crippen molar-refractivity contribution in [3.63, 3.8) is 0 Å². The van der Waals surface area contributed by atoms with E-state index in [2.05, 4.69) is 5.32 Å². The maximum atomic E-state index is 13.7. The van der Waals surface area contributed by atoms with Gasteiger partial charge in [0.25, 0.3) is 0 Å². The molecule has 0 saturated heterocycles. The van der Waals surface area contributed by atoms with Crippen LogP contribution >= 0.6 is 0 Å². The van der Waals surface area contributed by atoms with Gasteiger partial charge in [-0.3, -0.25) is 5.32 Å². The van der Waals surface area contributed by atoms with Crippen molar-refractivity contribution in [1.82, 2.24) is 5.32 Å². The highest BCUT2D eigenvalue weighted by Gasteiger charge is 2.55. The van der Waals surface area contributed by atoms with E-state index in [1.54, 1.807) is 30.3 Å². The summed E-state index contributed by atoms with van der Waals surface area (Å²) >= 11 is 0. The van der Waals surface area contributed by atoms with Crippen LogP contribution in [0.3, 0.4) is 0 Å². The molecule has 0 spiro atoms. The van der Waals surface area contributed by atoms with Gasteiger partial charge >= 0.3 is 6.18 Å². The third kappa shape index (κ3) is 3.72. The molecule has 0 heterocycles. The van der Waals surface area contributed by atoms with Crippen LogP contribution in [-0.2, 0) is 5.54 Å². The number of hydrogen-bond acceptors (Lipinski definition) is 1. The van der Waals surface area contributed by atoms with Crippen molar-refractivity contribution in [1.29, 1.82) is 0 Å². The zero-order chi connectivity index (χ0) is 14.5. The van der Waals surface area contributed by atoms with Gasteiger partial charge in [-0.05, 0) is 30.9 Å². The maximum Gasteiger partial charge on any atom is 0.410 e. The second kappa shape index (κ2) is 6.42. The molecule has 0 fully saturated rings. The van der Waals surface area contributed by atoms with Crippen molar-refractivity contribution < 1.29 is 13.2 Å². The zero-order valence-electron chi connectivity index (χ0n) is 11.7. The van der Waals surface area contributed by atoms with Crippen LogP contribution in [0.5, 0.6) is 0 Å². The lowest BCUT2D eigenvalue weighted by Crippen LogP contribution is -2.55. The molecule has 0 bridgehead atoms. The molecule has 1 aromatic rings. The Labute approximate surface area is 113 Å². The molecule has 0 aliphatic rings. The Morgan fingerprint density at radius 2 is 1.68 bits per heavy atom. The molecular weight excluding hydrogens is 251 g/mol. The first-order chi connectivity index (χ1) is 8.83. The standard InChI is InChI=1S/C15H22F3N/c1-4-10-19-14(11-12(2)3,15(16,17)18)13-8-6-5-7-9-13/h5-9,12,19H,4,10-11H2,1-3H3. The molecule has 1 atom stereocenters. The monoisotopic (exact) mass is 273 g/mol. The van der Waals surface area contributed by atoms with Gasteiger partial charge in [0.15, 0.2) is 0 Å². The summed E-state index contributed by atoms with van der Waals surface area (Å²) in [6, 6.07) is 8.16. The van der Waals surface area contributed by atoms with Gasteiger partial charge in [-0.1, -0.05) is 51.1 Å². The molecule has 0 amide bonds. The number of hydrogen-bond donors (Lipinski definition) is 1. The Bertz CT molecular complexity index is 373. The third-order valence-corrected chi connectivity index (χ3v) is 3.14. The largest absolute Gasteiger partial charge is 0.410 e. The van der Waals surface area contributed by atoms with E-state index in [4.69, 9.17) is 0 Å². The van der Waals surface area contributed by atoms with Gasteiger partial charge in [-0.25, -0.2) is 0 Å². The number of rotatable bonds is 6. The van der Waals surface area contributed by atoms with Gasteiger partial charge < -0.3 is 0 Å². The minimum atomic E-state index is -4.31. The minimum Gasteiger partial charge on any atom is -0.300 e. The predicted molar refractivity (Wildman–Crippen MR) is 71.9 cm³/mol. The zero-order valence-corrected chi connectivity index (χ0v) is 11.7. The number of alkyl halides is 3. The maximum absolute atomic E-state index is 13.7. The molecule has 0 aliphatic carbocycles. The van der Waals surface area contributed by atoms with Crippen molar-refractivity contribution in [3.05, 3.63) is 35.9 Å². The fraction of sp³-hybridized carbons (Fsp3) is 0.600. The van der Waals surface area contributed by atoms with Crippen molar-refractivity contribution in [2.24, 2.45) is 5.92 Å². The van der Waals surface area contributed by atoms with Crippen LogP contribution in [0.1, 0.15) is 39.2 Å². The van der Waals surface area contributed by atoms with Gasteiger partial charge in [0.05, 0.1) is 0 Å². The molecule has 0 radical (unpaired) electrons. The Kier molecular flexibility index (Phi) is 5.41. The summed E-state index contributed by atoms with van der Waals surface area (Å²) < 4.78 is 41.0. The van der Waals surface area contributed by atoms with Crippen LogP contribution < -0.4 is 5.32 Å². The summed E-state index contributed by atoms with van der Waals surface area (Å²) in [4.78, 5) is 0. The lowest BCUT2D eigenvalue weighted by atomic mass is 9.81. The highest BCUT2D eigenvalue weighted by molar-refractivity contribution is 5.27. The second-order valence-electron chi connectivity index (χ2n) is 5.29. The van der Waals surface area contributed by atoms with E-state index in [0.717, 1.165) is 0 Å². The number of benzene rings is 1. The van der Waals surface area contributed by atoms with Crippen LogP contribution in [-0.4, -0.2) is 12.7 Å². The number of nitrogens with one attached hydrogen (secondary N) is 1. The molecule has 1 nitrogen and oxygen atoms in total. The highest BCUT2D eigenvalue weighted by atomic mass is 19.4.